The number of Topliss-reactive ketones (excluding diaryl/α,β-unsaturated/α-hetero) is 1. The van der Waals surface area contributed by atoms with Crippen molar-refractivity contribution in [1.29, 1.82) is 0 Å². The summed E-state index contributed by atoms with van der Waals surface area (Å²) in [6, 6.07) is 24.4. The fourth-order valence-corrected chi connectivity index (χ4v) is 5.52. The average Bonchev–Trinajstić information content (AvgIpc) is 2.86. The van der Waals surface area contributed by atoms with E-state index in [2.05, 4.69) is 5.32 Å². The molecular formula is C29H34N2O4S. The first-order chi connectivity index (χ1) is 17.2. The van der Waals surface area contributed by atoms with Gasteiger partial charge in [0.1, 0.15) is 0 Å². The van der Waals surface area contributed by atoms with E-state index in [1.54, 1.807) is 38.1 Å². The maximum absolute atomic E-state index is 13.5. The summed E-state index contributed by atoms with van der Waals surface area (Å²) in [6.45, 7) is 5.03. The molecule has 1 N–H and O–H groups in total. The van der Waals surface area contributed by atoms with E-state index in [0.717, 1.165) is 16.7 Å². The summed E-state index contributed by atoms with van der Waals surface area (Å²) in [5.74, 6) is -0.595. The Bertz CT molecular complexity index is 1240. The first-order valence-corrected chi connectivity index (χ1v) is 13.6. The highest BCUT2D eigenvalue weighted by Gasteiger charge is 2.32. The van der Waals surface area contributed by atoms with Crippen LogP contribution in [0.15, 0.2) is 89.8 Å². The Kier molecular flexibility index (Phi) is 9.56. The summed E-state index contributed by atoms with van der Waals surface area (Å²) >= 11 is 0. The van der Waals surface area contributed by atoms with Crippen LogP contribution in [0.1, 0.15) is 37.0 Å². The second-order valence-corrected chi connectivity index (χ2v) is 11.1. The van der Waals surface area contributed by atoms with E-state index in [1.165, 1.54) is 4.31 Å². The average molecular weight is 507 g/mol. The van der Waals surface area contributed by atoms with Crippen LogP contribution in [0.2, 0.25) is 0 Å². The molecule has 3 aromatic rings. The minimum Gasteiger partial charge on any atom is -0.346 e. The van der Waals surface area contributed by atoms with Crippen molar-refractivity contribution in [1.82, 2.24) is 9.62 Å². The Hall–Kier alpha value is -3.29. The SMILES string of the molecule is Cc1ccc(S(=O)(=O)N(CC(=O)[C@H](Cc2ccccc2)NC(=O)CCc2ccccc2)C(C)C)cc1. The van der Waals surface area contributed by atoms with Crippen molar-refractivity contribution in [3.8, 4) is 0 Å². The number of sulfonamides is 1. The van der Waals surface area contributed by atoms with Gasteiger partial charge in [0, 0.05) is 12.5 Å². The van der Waals surface area contributed by atoms with Gasteiger partial charge in [-0.25, -0.2) is 8.42 Å². The van der Waals surface area contributed by atoms with Gasteiger partial charge < -0.3 is 5.32 Å². The molecule has 1 atom stereocenters. The third-order valence-corrected chi connectivity index (χ3v) is 8.04. The molecule has 0 radical (unpaired) electrons. The van der Waals surface area contributed by atoms with Crippen LogP contribution in [-0.2, 0) is 32.5 Å². The molecule has 190 valence electrons. The Morgan fingerprint density at radius 1 is 0.833 bits per heavy atom. The third-order valence-electron chi connectivity index (χ3n) is 6.01. The lowest BCUT2D eigenvalue weighted by molar-refractivity contribution is -0.128. The highest BCUT2D eigenvalue weighted by atomic mass is 32.2. The van der Waals surface area contributed by atoms with Gasteiger partial charge in [-0.2, -0.15) is 4.31 Å². The Labute approximate surface area is 214 Å². The number of nitrogens with zero attached hydrogens (tertiary/aromatic N) is 1. The number of benzene rings is 3. The van der Waals surface area contributed by atoms with Crippen LogP contribution in [-0.4, -0.2) is 43.0 Å². The largest absolute Gasteiger partial charge is 0.346 e. The zero-order valence-corrected chi connectivity index (χ0v) is 21.9. The van der Waals surface area contributed by atoms with Crippen molar-refractivity contribution < 1.29 is 18.0 Å². The van der Waals surface area contributed by atoms with Crippen molar-refractivity contribution in [2.24, 2.45) is 0 Å². The number of aryl methyl sites for hydroxylation is 2. The molecule has 0 aliphatic carbocycles. The van der Waals surface area contributed by atoms with E-state index >= 15 is 0 Å². The first-order valence-electron chi connectivity index (χ1n) is 12.1. The van der Waals surface area contributed by atoms with E-state index in [4.69, 9.17) is 0 Å². The molecule has 0 aliphatic heterocycles. The number of carbonyl (C=O) groups excluding carboxylic acids is 2. The lowest BCUT2D eigenvalue weighted by Crippen LogP contribution is -2.49. The third kappa shape index (κ3) is 7.60. The molecule has 0 fully saturated rings. The minimum absolute atomic E-state index is 0.140. The lowest BCUT2D eigenvalue weighted by Gasteiger charge is -2.27. The zero-order chi connectivity index (χ0) is 26.1. The molecule has 3 aromatic carbocycles. The molecule has 0 bridgehead atoms. The Balaban J connectivity index is 1.78. The number of ketones is 1. The number of hydrogen-bond donors (Lipinski definition) is 1. The van der Waals surface area contributed by atoms with E-state index in [-0.39, 0.29) is 36.0 Å². The predicted molar refractivity (Wildman–Crippen MR) is 142 cm³/mol. The Morgan fingerprint density at radius 2 is 1.39 bits per heavy atom. The van der Waals surface area contributed by atoms with Crippen molar-refractivity contribution in [2.75, 3.05) is 6.54 Å². The van der Waals surface area contributed by atoms with Crippen LogP contribution < -0.4 is 5.32 Å². The molecule has 36 heavy (non-hydrogen) atoms. The number of amides is 1. The smallest absolute Gasteiger partial charge is 0.243 e. The standard InChI is InChI=1S/C29H34N2O4S/c1-22(2)31(36(34,35)26-17-14-23(3)15-18-26)21-28(32)27(20-25-12-8-5-9-13-25)30-29(33)19-16-24-10-6-4-7-11-24/h4-15,17-18,22,27H,16,19-21H2,1-3H3,(H,30,33)/t27-/m0/s1. The van der Waals surface area contributed by atoms with Crippen molar-refractivity contribution in [2.45, 2.75) is 57.0 Å². The normalized spacial score (nSPS) is 12.5. The summed E-state index contributed by atoms with van der Waals surface area (Å²) in [7, 11) is -3.89. The maximum atomic E-state index is 13.5. The monoisotopic (exact) mass is 506 g/mol. The number of hydrogen-bond acceptors (Lipinski definition) is 4. The first kappa shape index (κ1) is 27.3. The molecule has 0 aromatic heterocycles. The summed E-state index contributed by atoms with van der Waals surface area (Å²) in [5.41, 5.74) is 2.87. The molecule has 0 spiro atoms. The summed E-state index contributed by atoms with van der Waals surface area (Å²) in [5, 5.41) is 2.87. The van der Waals surface area contributed by atoms with Gasteiger partial charge in [0.2, 0.25) is 15.9 Å². The molecular weight excluding hydrogens is 472 g/mol. The molecule has 0 heterocycles. The lowest BCUT2D eigenvalue weighted by atomic mass is 10.0. The predicted octanol–water partition coefficient (Wildman–Crippen LogP) is 4.32. The number of carbonyl (C=O) groups is 2. The van der Waals surface area contributed by atoms with E-state index in [1.807, 2.05) is 67.6 Å². The van der Waals surface area contributed by atoms with Crippen molar-refractivity contribution in [3.63, 3.8) is 0 Å². The molecule has 1 amide bonds. The quantitative estimate of drug-likeness (QED) is 0.397. The minimum atomic E-state index is -3.89. The maximum Gasteiger partial charge on any atom is 0.243 e. The van der Waals surface area contributed by atoms with Gasteiger partial charge in [0.15, 0.2) is 5.78 Å². The van der Waals surface area contributed by atoms with Gasteiger partial charge in [-0.05, 0) is 56.9 Å². The van der Waals surface area contributed by atoms with Gasteiger partial charge in [-0.3, -0.25) is 9.59 Å². The number of rotatable bonds is 12. The highest BCUT2D eigenvalue weighted by molar-refractivity contribution is 7.89. The summed E-state index contributed by atoms with van der Waals surface area (Å²) in [6.07, 6.45) is 1.07. The summed E-state index contributed by atoms with van der Waals surface area (Å²) < 4.78 is 27.9. The van der Waals surface area contributed by atoms with Crippen LogP contribution in [0, 0.1) is 6.92 Å². The van der Waals surface area contributed by atoms with Crippen LogP contribution >= 0.6 is 0 Å². The Morgan fingerprint density at radius 3 is 1.94 bits per heavy atom. The molecule has 6 nitrogen and oxygen atoms in total. The van der Waals surface area contributed by atoms with Gasteiger partial charge in [0.25, 0.3) is 0 Å². The van der Waals surface area contributed by atoms with Gasteiger partial charge >= 0.3 is 0 Å². The van der Waals surface area contributed by atoms with Crippen LogP contribution in [0.3, 0.4) is 0 Å². The number of nitrogens with one attached hydrogen (secondary N) is 1. The van der Waals surface area contributed by atoms with E-state index < -0.39 is 22.1 Å². The fraction of sp³-hybridized carbons (Fsp3) is 0.310. The molecule has 0 unspecified atom stereocenters. The second kappa shape index (κ2) is 12.6. The second-order valence-electron chi connectivity index (χ2n) is 9.22. The summed E-state index contributed by atoms with van der Waals surface area (Å²) in [4.78, 5) is 26.4. The topological polar surface area (TPSA) is 83.6 Å². The molecule has 0 aliphatic rings. The van der Waals surface area contributed by atoms with Crippen LogP contribution in [0.5, 0.6) is 0 Å². The molecule has 0 saturated heterocycles. The fourth-order valence-electron chi connectivity index (χ4n) is 3.92. The van der Waals surface area contributed by atoms with Crippen LogP contribution in [0.4, 0.5) is 0 Å². The van der Waals surface area contributed by atoms with E-state index in [0.29, 0.717) is 6.42 Å². The molecule has 3 rings (SSSR count). The van der Waals surface area contributed by atoms with Gasteiger partial charge in [-0.1, -0.05) is 78.4 Å². The van der Waals surface area contributed by atoms with Crippen molar-refractivity contribution >= 4 is 21.7 Å². The van der Waals surface area contributed by atoms with Gasteiger partial charge in [-0.15, -0.1) is 0 Å². The zero-order valence-electron chi connectivity index (χ0n) is 21.1. The van der Waals surface area contributed by atoms with Crippen LogP contribution in [0.25, 0.3) is 0 Å². The van der Waals surface area contributed by atoms with Crippen molar-refractivity contribution in [3.05, 3.63) is 102 Å². The highest BCUT2D eigenvalue weighted by Crippen LogP contribution is 2.19. The van der Waals surface area contributed by atoms with E-state index in [9.17, 15) is 18.0 Å². The molecule has 7 heteroatoms. The van der Waals surface area contributed by atoms with Gasteiger partial charge in [0.05, 0.1) is 17.5 Å². The molecule has 0 saturated carbocycles.